The van der Waals surface area contributed by atoms with Crippen molar-refractivity contribution in [3.8, 4) is 34.8 Å². The predicted octanol–water partition coefficient (Wildman–Crippen LogP) is 8.10. The zero-order valence-electron chi connectivity index (χ0n) is 30.2. The second kappa shape index (κ2) is 20.0. The van der Waals surface area contributed by atoms with Crippen LogP contribution in [0.4, 0.5) is 4.79 Å². The first-order valence-corrected chi connectivity index (χ1v) is 18.4. The molecular weight excluding hydrogens is 793 g/mol. The van der Waals surface area contributed by atoms with Gasteiger partial charge in [0, 0.05) is 13.0 Å². The number of esters is 5. The number of nitrogens with zero attached hydrogens (tertiary/aromatic N) is 2. The molecule has 1 aliphatic rings. The van der Waals surface area contributed by atoms with Gasteiger partial charge in [-0.2, -0.15) is 0 Å². The van der Waals surface area contributed by atoms with Gasteiger partial charge in [0.25, 0.3) is 5.70 Å². The highest BCUT2D eigenvalue weighted by Gasteiger charge is 2.30. The summed E-state index contributed by atoms with van der Waals surface area (Å²) >= 11 is 2.01. The third kappa shape index (κ3) is 11.4. The number of thioether (sulfide) groups is 2. The quantitative estimate of drug-likeness (QED) is 0.0225. The number of allylic oxidation sites excluding steroid dienone is 1. The van der Waals surface area contributed by atoms with Gasteiger partial charge in [-0.3, -0.25) is 4.79 Å². The molecule has 0 fully saturated rings. The smallest absolute Gasteiger partial charge is 0.463 e. The largest absolute Gasteiger partial charge is 0.513 e. The molecular formula is C41H28N2O13S2. The van der Waals surface area contributed by atoms with E-state index in [1.807, 2.05) is 6.07 Å². The minimum absolute atomic E-state index is 0.0456. The van der Waals surface area contributed by atoms with Crippen LogP contribution in [-0.4, -0.2) is 49.2 Å². The van der Waals surface area contributed by atoms with Crippen molar-refractivity contribution in [2.24, 2.45) is 0 Å². The summed E-state index contributed by atoms with van der Waals surface area (Å²) in [6.07, 6.45) is 1.02. The fraction of sp³-hybridized carbons (Fsp3) is 0.122. The molecule has 292 valence electrons. The van der Waals surface area contributed by atoms with Crippen LogP contribution in [0.25, 0.3) is 4.85 Å². The maximum atomic E-state index is 13.2. The van der Waals surface area contributed by atoms with Crippen LogP contribution in [0.15, 0.2) is 117 Å². The Morgan fingerprint density at radius 3 is 1.52 bits per heavy atom. The summed E-state index contributed by atoms with van der Waals surface area (Å²) in [7, 11) is 0. The Hall–Kier alpha value is -7.34. The lowest BCUT2D eigenvalue weighted by atomic mass is 10.2. The number of carbonyl (C=O) groups is 6. The zero-order valence-corrected chi connectivity index (χ0v) is 31.8. The summed E-state index contributed by atoms with van der Waals surface area (Å²) in [6.45, 7) is 12.1. The van der Waals surface area contributed by atoms with Gasteiger partial charge in [0.05, 0.1) is 56.6 Å². The van der Waals surface area contributed by atoms with Crippen LogP contribution in [0, 0.1) is 17.9 Å². The van der Waals surface area contributed by atoms with E-state index in [0.29, 0.717) is 26.9 Å². The Morgan fingerprint density at radius 1 is 0.655 bits per heavy atom. The van der Waals surface area contributed by atoms with Crippen LogP contribution in [0.2, 0.25) is 0 Å². The summed E-state index contributed by atoms with van der Waals surface area (Å²) in [6, 6.07) is 21.4. The molecule has 0 spiro atoms. The molecule has 58 heavy (non-hydrogen) atoms. The molecule has 4 aromatic rings. The molecule has 0 unspecified atom stereocenters. The van der Waals surface area contributed by atoms with Gasteiger partial charge in [0.2, 0.25) is 0 Å². The maximum absolute atomic E-state index is 13.2. The topological polar surface area (TPSA) is 195 Å². The van der Waals surface area contributed by atoms with E-state index < -0.39 is 36.0 Å². The van der Waals surface area contributed by atoms with Gasteiger partial charge in [0.1, 0.15) is 28.7 Å². The molecule has 0 aliphatic carbocycles. The zero-order chi connectivity index (χ0) is 41.6. The summed E-state index contributed by atoms with van der Waals surface area (Å²) < 4.78 is 37.0. The molecule has 1 aliphatic heterocycles. The molecule has 4 aromatic carbocycles. The number of benzene rings is 4. The molecule has 5 rings (SSSR count). The Kier molecular flexibility index (Phi) is 14.4. The van der Waals surface area contributed by atoms with Crippen molar-refractivity contribution < 1.29 is 61.9 Å². The third-order valence-corrected chi connectivity index (χ3v) is 9.96. The molecule has 0 N–H and O–H groups in total. The van der Waals surface area contributed by atoms with E-state index in [0.717, 1.165) is 29.6 Å². The second-order valence-corrected chi connectivity index (χ2v) is 13.7. The molecule has 0 atom stereocenters. The van der Waals surface area contributed by atoms with Crippen LogP contribution >= 0.6 is 23.5 Å². The van der Waals surface area contributed by atoms with Crippen molar-refractivity contribution in [1.29, 1.82) is 5.26 Å². The van der Waals surface area contributed by atoms with Crippen molar-refractivity contribution in [3.05, 3.63) is 136 Å². The third-order valence-electron chi connectivity index (χ3n) is 7.36. The molecule has 0 saturated carbocycles. The Labute approximate surface area is 338 Å². The van der Waals surface area contributed by atoms with Crippen LogP contribution in [0.3, 0.4) is 0 Å². The molecule has 0 aromatic heterocycles. The minimum Gasteiger partial charge on any atom is -0.463 e. The van der Waals surface area contributed by atoms with Crippen molar-refractivity contribution in [2.75, 3.05) is 13.2 Å². The van der Waals surface area contributed by atoms with Crippen LogP contribution in [0.5, 0.6) is 28.7 Å². The fourth-order valence-corrected chi connectivity index (χ4v) is 7.11. The first-order chi connectivity index (χ1) is 28.0. The first-order valence-electron chi connectivity index (χ1n) is 16.8. The van der Waals surface area contributed by atoms with Crippen molar-refractivity contribution >= 4 is 59.5 Å². The predicted molar refractivity (Wildman–Crippen MR) is 205 cm³/mol. The normalized spacial score (nSPS) is 12.0. The van der Waals surface area contributed by atoms with E-state index in [9.17, 15) is 34.0 Å². The number of unbranched alkanes of at least 4 members (excludes halogenated alkanes) is 1. The van der Waals surface area contributed by atoms with E-state index >= 15 is 0 Å². The molecule has 15 nitrogen and oxygen atoms in total. The number of rotatable bonds is 14. The van der Waals surface area contributed by atoms with Gasteiger partial charge in [-0.05, 0) is 97.8 Å². The fourth-order valence-electron chi connectivity index (χ4n) is 4.64. The van der Waals surface area contributed by atoms with Gasteiger partial charge in [-0.25, -0.2) is 34.1 Å². The van der Waals surface area contributed by atoms with Gasteiger partial charge in [-0.1, -0.05) is 30.1 Å². The number of hydrogen-bond donors (Lipinski definition) is 0. The number of carbonyl (C=O) groups excluding carboxylic acids is 6. The van der Waals surface area contributed by atoms with Crippen molar-refractivity contribution in [2.45, 2.75) is 29.6 Å². The number of ether oxygens (including phenoxy) is 7. The van der Waals surface area contributed by atoms with Gasteiger partial charge < -0.3 is 33.2 Å². The van der Waals surface area contributed by atoms with E-state index in [1.54, 1.807) is 0 Å². The lowest BCUT2D eigenvalue weighted by Gasteiger charge is -2.12. The van der Waals surface area contributed by atoms with Crippen molar-refractivity contribution in [3.63, 3.8) is 0 Å². The highest BCUT2D eigenvalue weighted by molar-refractivity contribution is 8.24. The highest BCUT2D eigenvalue weighted by Crippen LogP contribution is 2.59. The van der Waals surface area contributed by atoms with Gasteiger partial charge in [-0.15, -0.1) is 0 Å². The van der Waals surface area contributed by atoms with Crippen LogP contribution in [0.1, 0.15) is 50.8 Å². The molecule has 0 saturated heterocycles. The maximum Gasteiger partial charge on any atom is 0.513 e. The SMILES string of the molecule is [C-]#[N+]/C(C#N)=C1\Sc2c(OC(=O)c3ccc(OC(C)=O)cc3)ccc(OC(=O)c3ccc(OC(=O)c4ccc(OC(=O)OCCCCOC(=O)C=C)cc4)cc3)c2S1. The molecule has 17 heteroatoms. The Morgan fingerprint density at radius 2 is 1.09 bits per heavy atom. The van der Waals surface area contributed by atoms with E-state index in [2.05, 4.69) is 11.4 Å². The molecule has 1 heterocycles. The van der Waals surface area contributed by atoms with E-state index in [1.165, 1.54) is 91.9 Å². The standard InChI is InChI=1S/C41H28N2O13S2/c1-4-34(45)50-21-5-6-22-51-41(49)54-30-17-11-25(12-18-30)37(46)53-29-15-9-27(10-16-29)39(48)56-33-20-19-32(35-36(33)58-40(57-35)31(23-42)43-3)55-38(47)26-7-13-28(14-8-26)52-24(2)44/h4,7-20H,1,5-6,21-22H2,2H3/b40-31+. The lowest BCUT2D eigenvalue weighted by molar-refractivity contribution is -0.138. The van der Waals surface area contributed by atoms with Crippen LogP contribution in [-0.2, 0) is 19.1 Å². The Balaban J connectivity index is 1.18. The number of fused-ring (bicyclic) bond motifs is 1. The average molecular weight is 821 g/mol. The first kappa shape index (κ1) is 41.8. The van der Waals surface area contributed by atoms with Gasteiger partial charge >= 0.3 is 36.0 Å². The van der Waals surface area contributed by atoms with Gasteiger partial charge in [0.15, 0.2) is 0 Å². The average Bonchev–Trinajstić information content (AvgIpc) is 3.67. The summed E-state index contributed by atoms with van der Waals surface area (Å²) in [5.74, 6) is -2.68. The number of nitriles is 1. The molecule has 0 bridgehead atoms. The molecule has 0 radical (unpaired) electrons. The van der Waals surface area contributed by atoms with E-state index in [4.69, 9.17) is 39.7 Å². The van der Waals surface area contributed by atoms with Crippen molar-refractivity contribution in [1.82, 2.24) is 0 Å². The summed E-state index contributed by atoms with van der Waals surface area (Å²) in [4.78, 5) is 77.1. The monoisotopic (exact) mass is 820 g/mol. The van der Waals surface area contributed by atoms with E-state index in [-0.39, 0.29) is 64.3 Å². The lowest BCUT2D eigenvalue weighted by Crippen LogP contribution is -2.13. The number of hydrogen-bond acceptors (Lipinski definition) is 16. The Bertz CT molecular complexity index is 2360. The molecule has 0 amide bonds. The summed E-state index contributed by atoms with van der Waals surface area (Å²) in [5, 5.41) is 9.50. The van der Waals surface area contributed by atoms with Crippen LogP contribution < -0.4 is 23.7 Å². The highest BCUT2D eigenvalue weighted by atomic mass is 32.2. The summed E-state index contributed by atoms with van der Waals surface area (Å²) in [5.41, 5.74) is 0.181. The minimum atomic E-state index is -0.950. The second-order valence-electron chi connectivity index (χ2n) is 11.4.